The molecule has 0 spiro atoms. The zero-order valence-electron chi connectivity index (χ0n) is 41.0. The van der Waals surface area contributed by atoms with E-state index in [1.807, 2.05) is 109 Å². The van der Waals surface area contributed by atoms with E-state index >= 15 is 0 Å². The van der Waals surface area contributed by atoms with E-state index in [2.05, 4.69) is 20.6 Å². The highest BCUT2D eigenvalue weighted by molar-refractivity contribution is 5.93. The predicted molar refractivity (Wildman–Crippen MR) is 269 cm³/mol. The first kappa shape index (κ1) is 51.0. The summed E-state index contributed by atoms with van der Waals surface area (Å²) in [6.45, 7) is 1.06. The quantitative estimate of drug-likeness (QED) is 0.0723. The van der Waals surface area contributed by atoms with Gasteiger partial charge in [0.25, 0.3) is 0 Å². The van der Waals surface area contributed by atoms with Gasteiger partial charge in [0.2, 0.25) is 11.8 Å². The summed E-state index contributed by atoms with van der Waals surface area (Å²) in [6.07, 6.45) is 12.8. The van der Waals surface area contributed by atoms with Crippen LogP contribution in [-0.4, -0.2) is 102 Å². The van der Waals surface area contributed by atoms with Gasteiger partial charge in [-0.25, -0.2) is 9.36 Å². The fourth-order valence-corrected chi connectivity index (χ4v) is 8.82. The maximum Gasteiger partial charge on any atom is 0.308 e. The SMILES string of the molecule is CN(Cc1ccccc1)C(=O)/C=C/c1c(-c2ccc(O[C@H]3CCC[C@H](C(=O)O)C3)cc2)nnn1C.COC(=O)[C@H]1CCC[C@H](Oc2ccc(-c3nnn(C)c3/C=C/C(=O)N(C)Cc3ccccc3)cc2)C1. The van der Waals surface area contributed by atoms with E-state index in [1.54, 1.807) is 65.6 Å². The molecular formula is C55H62N8O8. The van der Waals surface area contributed by atoms with Crippen LogP contribution in [0.3, 0.4) is 0 Å². The molecule has 6 aromatic rings. The molecule has 0 saturated heterocycles. The van der Waals surface area contributed by atoms with E-state index in [0.717, 1.165) is 71.5 Å². The third-order valence-corrected chi connectivity index (χ3v) is 12.8. The van der Waals surface area contributed by atoms with Crippen LogP contribution in [0.1, 0.15) is 73.9 Å². The van der Waals surface area contributed by atoms with Crippen LogP contribution in [0.25, 0.3) is 34.7 Å². The molecule has 0 radical (unpaired) electrons. The number of rotatable bonds is 16. The molecule has 16 heteroatoms. The van der Waals surface area contributed by atoms with Gasteiger partial charge in [0.15, 0.2) is 0 Å². The van der Waals surface area contributed by atoms with Gasteiger partial charge in [0.1, 0.15) is 22.9 Å². The number of carboxylic acid groups (broad SMARTS) is 1. The Morgan fingerprint density at radius 2 is 1.01 bits per heavy atom. The van der Waals surface area contributed by atoms with Crippen molar-refractivity contribution in [2.75, 3.05) is 21.2 Å². The zero-order valence-corrected chi connectivity index (χ0v) is 41.0. The smallest absolute Gasteiger partial charge is 0.308 e. The van der Waals surface area contributed by atoms with Crippen molar-refractivity contribution in [2.45, 2.75) is 76.7 Å². The number of esters is 1. The molecule has 2 aliphatic carbocycles. The fraction of sp³-hybridized carbons (Fsp3) is 0.345. The summed E-state index contributed by atoms with van der Waals surface area (Å²) in [6, 6.07) is 34.9. The van der Waals surface area contributed by atoms with Crippen molar-refractivity contribution in [3.05, 3.63) is 144 Å². The van der Waals surface area contributed by atoms with Crippen LogP contribution >= 0.6 is 0 Å². The molecule has 8 rings (SSSR count). The summed E-state index contributed by atoms with van der Waals surface area (Å²) in [4.78, 5) is 51.8. The molecule has 71 heavy (non-hydrogen) atoms. The second kappa shape index (κ2) is 24.6. The Morgan fingerprint density at radius 3 is 1.42 bits per heavy atom. The minimum absolute atomic E-state index is 0.0115. The fourth-order valence-electron chi connectivity index (χ4n) is 8.82. The Hall–Kier alpha value is -7.88. The second-order valence-corrected chi connectivity index (χ2v) is 18.0. The molecule has 2 heterocycles. The zero-order chi connectivity index (χ0) is 50.3. The van der Waals surface area contributed by atoms with Gasteiger partial charge in [0, 0.05) is 64.6 Å². The average Bonchev–Trinajstić information content (AvgIpc) is 3.96. The van der Waals surface area contributed by atoms with Crippen LogP contribution in [0, 0.1) is 11.8 Å². The molecule has 2 saturated carbocycles. The van der Waals surface area contributed by atoms with Crippen LogP contribution in [0.4, 0.5) is 0 Å². The lowest BCUT2D eigenvalue weighted by Crippen LogP contribution is -2.30. The molecule has 370 valence electrons. The molecule has 0 bridgehead atoms. The van der Waals surface area contributed by atoms with Gasteiger partial charge in [-0.05, 0) is 123 Å². The third kappa shape index (κ3) is 14.1. The van der Waals surface area contributed by atoms with Gasteiger partial charge in [-0.2, -0.15) is 0 Å². The Bertz CT molecular complexity index is 2770. The highest BCUT2D eigenvalue weighted by atomic mass is 16.5. The molecule has 2 amide bonds. The summed E-state index contributed by atoms with van der Waals surface area (Å²) in [5.41, 5.74) is 6.66. The minimum Gasteiger partial charge on any atom is -0.490 e. The topological polar surface area (TPSA) is 184 Å². The van der Waals surface area contributed by atoms with Crippen molar-refractivity contribution >= 4 is 35.9 Å². The Balaban J connectivity index is 0.000000209. The van der Waals surface area contributed by atoms with Crippen molar-refractivity contribution in [2.24, 2.45) is 25.9 Å². The number of methoxy groups -OCH3 is 1. The number of ether oxygens (including phenoxy) is 3. The number of hydrogen-bond acceptors (Lipinski definition) is 11. The minimum atomic E-state index is -0.748. The first-order valence-electron chi connectivity index (χ1n) is 23.9. The van der Waals surface area contributed by atoms with Crippen LogP contribution in [0.5, 0.6) is 11.5 Å². The molecule has 0 unspecified atom stereocenters. The van der Waals surface area contributed by atoms with Gasteiger partial charge in [0.05, 0.1) is 42.5 Å². The average molecular weight is 963 g/mol. The summed E-state index contributed by atoms with van der Waals surface area (Å²) in [7, 11) is 8.56. The Morgan fingerprint density at radius 1 is 0.606 bits per heavy atom. The lowest BCUT2D eigenvalue weighted by atomic mass is 9.87. The van der Waals surface area contributed by atoms with E-state index in [4.69, 9.17) is 14.2 Å². The first-order chi connectivity index (χ1) is 34.3. The number of aromatic nitrogens is 6. The lowest BCUT2D eigenvalue weighted by molar-refractivity contribution is -0.147. The van der Waals surface area contributed by atoms with E-state index in [9.17, 15) is 24.3 Å². The molecular weight excluding hydrogens is 901 g/mol. The number of aryl methyl sites for hydroxylation is 2. The lowest BCUT2D eigenvalue weighted by Gasteiger charge is -2.28. The number of benzene rings is 4. The monoisotopic (exact) mass is 962 g/mol. The van der Waals surface area contributed by atoms with Gasteiger partial charge in [-0.3, -0.25) is 19.2 Å². The van der Waals surface area contributed by atoms with Gasteiger partial charge in [-0.15, -0.1) is 10.2 Å². The molecule has 4 atom stereocenters. The Labute approximate surface area is 414 Å². The summed E-state index contributed by atoms with van der Waals surface area (Å²) >= 11 is 0. The van der Waals surface area contributed by atoms with E-state index in [1.165, 1.54) is 13.2 Å². The van der Waals surface area contributed by atoms with Gasteiger partial charge < -0.3 is 29.1 Å². The highest BCUT2D eigenvalue weighted by Gasteiger charge is 2.30. The second-order valence-electron chi connectivity index (χ2n) is 18.0. The van der Waals surface area contributed by atoms with Gasteiger partial charge >= 0.3 is 11.9 Å². The molecule has 2 aromatic heterocycles. The predicted octanol–water partition coefficient (Wildman–Crippen LogP) is 8.44. The number of carbonyl (C=O) groups excluding carboxylic acids is 3. The van der Waals surface area contributed by atoms with Crippen molar-refractivity contribution in [3.8, 4) is 34.0 Å². The van der Waals surface area contributed by atoms with Crippen molar-refractivity contribution < 1.29 is 38.5 Å². The standard InChI is InChI=1S/C28H32N4O4.C27H30N4O4/c1-31(19-20-8-5-4-6-9-20)26(33)17-16-25-27(29-30-32(25)2)21-12-14-23(15-13-21)36-24-11-7-10-22(18-24)28(34)35-3;1-30(18-19-7-4-3-5-8-19)25(32)16-15-24-26(28-29-31(24)2)20-11-13-22(14-12-20)35-23-10-6-9-21(17-23)27(33)34/h4-6,8-9,12-17,22,24H,7,10-11,18-19H2,1-3H3;3-5,7-8,11-16,21,23H,6,9-10,17-18H2,1-2H3,(H,33,34)/b17-16+;16-15+/t22-,24-;21-,23-/m00/s1. The van der Waals surface area contributed by atoms with E-state index < -0.39 is 5.97 Å². The van der Waals surface area contributed by atoms with Gasteiger partial charge in [-0.1, -0.05) is 71.1 Å². The Kier molecular flexibility index (Phi) is 17.7. The molecule has 4 aromatic carbocycles. The summed E-state index contributed by atoms with van der Waals surface area (Å²) in [5, 5.41) is 26.2. The largest absolute Gasteiger partial charge is 0.490 e. The maximum atomic E-state index is 12.7. The third-order valence-electron chi connectivity index (χ3n) is 12.8. The van der Waals surface area contributed by atoms with E-state index in [0.29, 0.717) is 49.5 Å². The number of hydrogen-bond donors (Lipinski definition) is 1. The molecule has 16 nitrogen and oxygen atoms in total. The molecule has 1 N–H and O–H groups in total. The van der Waals surface area contributed by atoms with Crippen LogP contribution < -0.4 is 9.47 Å². The molecule has 0 aliphatic heterocycles. The van der Waals surface area contributed by atoms with Crippen molar-refractivity contribution in [3.63, 3.8) is 0 Å². The van der Waals surface area contributed by atoms with Crippen LogP contribution in [0.15, 0.2) is 121 Å². The highest BCUT2D eigenvalue weighted by Crippen LogP contribution is 2.32. The maximum absolute atomic E-state index is 12.7. The summed E-state index contributed by atoms with van der Waals surface area (Å²) < 4.78 is 20.4. The number of carboxylic acids is 1. The van der Waals surface area contributed by atoms with Crippen LogP contribution in [-0.2, 0) is 51.1 Å². The number of nitrogens with zero attached hydrogens (tertiary/aromatic N) is 8. The molecule has 2 aliphatic rings. The summed E-state index contributed by atoms with van der Waals surface area (Å²) in [5.74, 6) is -0.123. The molecule has 2 fully saturated rings. The van der Waals surface area contributed by atoms with Crippen molar-refractivity contribution in [1.29, 1.82) is 0 Å². The van der Waals surface area contributed by atoms with Crippen LogP contribution in [0.2, 0.25) is 0 Å². The number of likely N-dealkylation sites (N-methyl/N-ethyl adjacent to an activating group) is 2. The van der Waals surface area contributed by atoms with Crippen molar-refractivity contribution in [1.82, 2.24) is 39.8 Å². The number of aliphatic carboxylic acids is 1. The van der Waals surface area contributed by atoms with E-state index in [-0.39, 0.29) is 41.8 Å². The first-order valence-corrected chi connectivity index (χ1v) is 23.9. The normalized spacial score (nSPS) is 17.8. The number of amides is 2. The number of carbonyl (C=O) groups is 4.